The highest BCUT2D eigenvalue weighted by Crippen LogP contribution is 2.39. The molecule has 136 valence electrons. The fourth-order valence-corrected chi connectivity index (χ4v) is 4.76. The predicted molar refractivity (Wildman–Crippen MR) is 103 cm³/mol. The second kappa shape index (κ2) is 7.63. The molecule has 26 heavy (non-hydrogen) atoms. The molecule has 3 heteroatoms. The Labute approximate surface area is 156 Å². The van der Waals surface area contributed by atoms with Gasteiger partial charge in [0.25, 0.3) is 0 Å². The van der Waals surface area contributed by atoms with E-state index in [2.05, 4.69) is 35.2 Å². The molecule has 2 atom stereocenters. The van der Waals surface area contributed by atoms with E-state index < -0.39 is 0 Å². The minimum Gasteiger partial charge on any atom is -0.497 e. The second-order valence-electron chi connectivity index (χ2n) is 7.66. The number of Topliss-reactive ketones (excluding diaryl/α,β-unsaturated/α-hetero) is 1. The molecular weight excluding hydrogens is 322 g/mol. The van der Waals surface area contributed by atoms with Gasteiger partial charge in [-0.15, -0.1) is 0 Å². The second-order valence-corrected chi connectivity index (χ2v) is 7.66. The van der Waals surface area contributed by atoms with E-state index in [9.17, 15) is 4.79 Å². The van der Waals surface area contributed by atoms with Crippen LogP contribution in [0.15, 0.2) is 54.6 Å². The van der Waals surface area contributed by atoms with Crippen LogP contribution in [0, 0.1) is 5.92 Å². The summed E-state index contributed by atoms with van der Waals surface area (Å²) in [5, 5.41) is 0. The van der Waals surface area contributed by atoms with Gasteiger partial charge >= 0.3 is 0 Å². The predicted octanol–water partition coefficient (Wildman–Crippen LogP) is 4.71. The van der Waals surface area contributed by atoms with Crippen LogP contribution in [-0.2, 0) is 6.54 Å². The first-order valence-electron chi connectivity index (χ1n) is 9.72. The summed E-state index contributed by atoms with van der Waals surface area (Å²) in [5.74, 6) is 1.20. The average molecular weight is 349 g/mol. The lowest BCUT2D eigenvalue weighted by Crippen LogP contribution is -2.52. The molecule has 0 N–H and O–H groups in total. The number of hydrogen-bond donors (Lipinski definition) is 0. The molecule has 0 aliphatic carbocycles. The number of hydrogen-bond acceptors (Lipinski definition) is 3. The summed E-state index contributed by atoms with van der Waals surface area (Å²) in [5.41, 5.74) is 2.17. The van der Waals surface area contributed by atoms with Gasteiger partial charge in [-0.2, -0.15) is 0 Å². The summed E-state index contributed by atoms with van der Waals surface area (Å²) >= 11 is 0. The number of nitrogens with zero attached hydrogens (tertiary/aromatic N) is 1. The van der Waals surface area contributed by atoms with Crippen molar-refractivity contribution in [2.24, 2.45) is 5.92 Å². The van der Waals surface area contributed by atoms with E-state index >= 15 is 0 Å². The molecule has 2 aliphatic heterocycles. The van der Waals surface area contributed by atoms with E-state index in [1.54, 1.807) is 7.11 Å². The summed E-state index contributed by atoms with van der Waals surface area (Å²) in [6.07, 6.45) is 5.69. The molecule has 0 radical (unpaired) electrons. The maximum absolute atomic E-state index is 13.1. The lowest BCUT2D eigenvalue weighted by Gasteiger charge is -2.48. The van der Waals surface area contributed by atoms with Crippen LogP contribution >= 0.6 is 0 Å². The minimum atomic E-state index is 0.143. The van der Waals surface area contributed by atoms with Crippen molar-refractivity contribution in [2.45, 2.75) is 50.7 Å². The Bertz CT molecular complexity index is 744. The highest BCUT2D eigenvalue weighted by atomic mass is 16.5. The Morgan fingerprint density at radius 3 is 2.46 bits per heavy atom. The number of fused-ring (bicyclic) bond motifs is 2. The van der Waals surface area contributed by atoms with E-state index in [0.717, 1.165) is 30.7 Å². The topological polar surface area (TPSA) is 29.5 Å². The number of rotatable bonds is 5. The van der Waals surface area contributed by atoms with Gasteiger partial charge in [0, 0.05) is 30.1 Å². The van der Waals surface area contributed by atoms with Crippen molar-refractivity contribution in [3.8, 4) is 5.75 Å². The third kappa shape index (κ3) is 3.54. The van der Waals surface area contributed by atoms with Crippen LogP contribution < -0.4 is 4.74 Å². The summed E-state index contributed by atoms with van der Waals surface area (Å²) in [6.45, 7) is 1.01. The molecule has 2 saturated heterocycles. The maximum atomic E-state index is 13.1. The van der Waals surface area contributed by atoms with Gasteiger partial charge in [-0.1, -0.05) is 48.9 Å². The number of methoxy groups -OCH3 is 1. The van der Waals surface area contributed by atoms with Crippen molar-refractivity contribution in [2.75, 3.05) is 7.11 Å². The molecule has 2 aliphatic rings. The number of carbonyl (C=O) groups excluding carboxylic acids is 1. The molecule has 0 spiro atoms. The van der Waals surface area contributed by atoms with Crippen LogP contribution in [0.2, 0.25) is 0 Å². The van der Waals surface area contributed by atoms with E-state index in [4.69, 9.17) is 4.74 Å². The van der Waals surface area contributed by atoms with Crippen molar-refractivity contribution in [1.29, 1.82) is 0 Å². The molecule has 2 fully saturated rings. The van der Waals surface area contributed by atoms with Crippen molar-refractivity contribution < 1.29 is 9.53 Å². The van der Waals surface area contributed by atoms with Crippen LogP contribution in [0.25, 0.3) is 0 Å². The van der Waals surface area contributed by atoms with Gasteiger partial charge in [0.1, 0.15) is 5.75 Å². The summed E-state index contributed by atoms with van der Waals surface area (Å²) in [6, 6.07) is 19.4. The third-order valence-electron chi connectivity index (χ3n) is 6.06. The van der Waals surface area contributed by atoms with Crippen LogP contribution in [0.5, 0.6) is 5.75 Å². The fourth-order valence-electron chi connectivity index (χ4n) is 4.76. The number of ether oxygens (including phenoxy) is 1. The first-order chi connectivity index (χ1) is 12.7. The molecule has 2 aromatic carbocycles. The van der Waals surface area contributed by atoms with Crippen molar-refractivity contribution in [3.63, 3.8) is 0 Å². The number of ketones is 1. The molecule has 2 unspecified atom stereocenters. The van der Waals surface area contributed by atoms with Gasteiger partial charge < -0.3 is 4.74 Å². The first kappa shape index (κ1) is 17.3. The van der Waals surface area contributed by atoms with Crippen LogP contribution in [0.1, 0.15) is 48.0 Å². The highest BCUT2D eigenvalue weighted by molar-refractivity contribution is 5.98. The number of piperidine rings is 2. The van der Waals surface area contributed by atoms with E-state index in [1.807, 2.05) is 24.3 Å². The zero-order chi connectivity index (χ0) is 17.9. The molecule has 4 rings (SSSR count). The van der Waals surface area contributed by atoms with E-state index in [1.165, 1.54) is 24.8 Å². The summed E-state index contributed by atoms with van der Waals surface area (Å²) in [4.78, 5) is 15.8. The van der Waals surface area contributed by atoms with Gasteiger partial charge in [-0.3, -0.25) is 9.69 Å². The Hall–Kier alpha value is -2.13. The highest BCUT2D eigenvalue weighted by Gasteiger charge is 2.40. The zero-order valence-electron chi connectivity index (χ0n) is 15.4. The Kier molecular flexibility index (Phi) is 5.07. The molecule has 0 amide bonds. The van der Waals surface area contributed by atoms with E-state index in [-0.39, 0.29) is 5.92 Å². The third-order valence-corrected chi connectivity index (χ3v) is 6.06. The Morgan fingerprint density at radius 1 is 1.04 bits per heavy atom. The maximum Gasteiger partial charge on any atom is 0.166 e. The molecule has 0 aromatic heterocycles. The quantitative estimate of drug-likeness (QED) is 0.732. The minimum absolute atomic E-state index is 0.143. The van der Waals surface area contributed by atoms with Crippen LogP contribution in [0.3, 0.4) is 0 Å². The summed E-state index contributed by atoms with van der Waals surface area (Å²) in [7, 11) is 1.65. The molecule has 0 saturated carbocycles. The van der Waals surface area contributed by atoms with Gasteiger partial charge in [0.2, 0.25) is 0 Å². The largest absolute Gasteiger partial charge is 0.497 e. The van der Waals surface area contributed by atoms with Gasteiger partial charge in [0.05, 0.1) is 7.11 Å². The Balaban J connectivity index is 1.49. The molecule has 2 heterocycles. The number of benzene rings is 2. The summed E-state index contributed by atoms with van der Waals surface area (Å²) < 4.78 is 5.29. The van der Waals surface area contributed by atoms with Gasteiger partial charge in [-0.25, -0.2) is 0 Å². The molecular formula is C23H27NO2. The van der Waals surface area contributed by atoms with Gasteiger partial charge in [-0.05, 0) is 43.4 Å². The van der Waals surface area contributed by atoms with Crippen molar-refractivity contribution in [1.82, 2.24) is 4.90 Å². The lowest BCUT2D eigenvalue weighted by atomic mass is 9.75. The molecule has 3 nitrogen and oxygen atoms in total. The standard InChI is InChI=1S/C23H27NO2/c1-26-22-12-5-9-18(15-22)23(25)19-13-20-10-6-11-21(14-19)24(20)16-17-7-3-2-4-8-17/h2-5,7-9,12,15,19-21H,6,10-11,13-14,16H2,1H3. The smallest absolute Gasteiger partial charge is 0.166 e. The first-order valence-corrected chi connectivity index (χ1v) is 9.72. The van der Waals surface area contributed by atoms with E-state index in [0.29, 0.717) is 17.9 Å². The molecule has 2 aromatic rings. The van der Waals surface area contributed by atoms with Crippen LogP contribution in [-0.4, -0.2) is 29.9 Å². The lowest BCUT2D eigenvalue weighted by molar-refractivity contribution is 0.00906. The van der Waals surface area contributed by atoms with Crippen molar-refractivity contribution in [3.05, 3.63) is 65.7 Å². The average Bonchev–Trinajstić information content (AvgIpc) is 2.68. The molecule has 2 bridgehead atoms. The SMILES string of the molecule is COc1cccc(C(=O)C2CC3CCCC(C2)N3Cc2ccccc2)c1. The number of carbonyl (C=O) groups is 1. The Morgan fingerprint density at radius 2 is 1.77 bits per heavy atom. The monoisotopic (exact) mass is 349 g/mol. The van der Waals surface area contributed by atoms with Crippen molar-refractivity contribution >= 4 is 5.78 Å². The van der Waals surface area contributed by atoms with Crippen LogP contribution in [0.4, 0.5) is 0 Å². The zero-order valence-corrected chi connectivity index (χ0v) is 15.4. The fraction of sp³-hybridized carbons (Fsp3) is 0.435. The normalized spacial score (nSPS) is 25.7. The van der Waals surface area contributed by atoms with Gasteiger partial charge in [0.15, 0.2) is 5.78 Å².